The molecule has 5 heteroatoms. The van der Waals surface area contributed by atoms with E-state index in [0.29, 0.717) is 32.1 Å². The highest BCUT2D eigenvalue weighted by molar-refractivity contribution is 5.79. The number of carbonyl (C=O) groups excluding carboxylic acids is 1. The molecule has 0 aromatic heterocycles. The van der Waals surface area contributed by atoms with Gasteiger partial charge in [0.1, 0.15) is 0 Å². The monoisotopic (exact) mass is 240 g/mol. The van der Waals surface area contributed by atoms with Crippen molar-refractivity contribution in [2.45, 2.75) is 32.2 Å². The molecule has 0 spiro atoms. The van der Waals surface area contributed by atoms with Crippen LogP contribution >= 0.6 is 0 Å². The summed E-state index contributed by atoms with van der Waals surface area (Å²) in [6.45, 7) is 3.57. The number of hydrogen-bond acceptors (Lipinski definition) is 3. The van der Waals surface area contributed by atoms with Gasteiger partial charge in [-0.1, -0.05) is 6.92 Å². The lowest BCUT2D eigenvalue weighted by atomic mass is 9.99. The molecular weight excluding hydrogens is 220 g/mol. The fourth-order valence-electron chi connectivity index (χ4n) is 2.32. The summed E-state index contributed by atoms with van der Waals surface area (Å²) in [6.07, 6.45) is 2.92. The molecule has 1 aliphatic heterocycles. The number of likely N-dealkylation sites (tertiary alicyclic amines) is 1. The van der Waals surface area contributed by atoms with Crippen LogP contribution in [0.2, 0.25) is 0 Å². The van der Waals surface area contributed by atoms with Crippen LogP contribution in [0.25, 0.3) is 0 Å². The summed E-state index contributed by atoms with van der Waals surface area (Å²) in [4.78, 5) is 24.5. The van der Waals surface area contributed by atoms with Gasteiger partial charge in [0.15, 0.2) is 0 Å². The summed E-state index contributed by atoms with van der Waals surface area (Å²) in [5.74, 6) is -1.04. The predicted molar refractivity (Wildman–Crippen MR) is 62.5 cm³/mol. The summed E-state index contributed by atoms with van der Waals surface area (Å²) in [6, 6.07) is 0.618. The van der Waals surface area contributed by atoms with Crippen molar-refractivity contribution in [1.29, 1.82) is 0 Å². The Kier molecular flexibility index (Phi) is 3.66. The molecule has 0 aromatic carbocycles. The Balaban J connectivity index is 1.73. The van der Waals surface area contributed by atoms with Crippen LogP contribution in [0.3, 0.4) is 0 Å². The molecule has 2 unspecified atom stereocenters. The zero-order valence-corrected chi connectivity index (χ0v) is 10.2. The highest BCUT2D eigenvalue weighted by Gasteiger charge is 2.36. The van der Waals surface area contributed by atoms with Crippen molar-refractivity contribution < 1.29 is 14.7 Å². The predicted octanol–water partition coefficient (Wildman–Crippen LogP) is 0.308. The maximum absolute atomic E-state index is 11.9. The number of aliphatic carboxylic acids is 1. The number of amides is 1. The van der Waals surface area contributed by atoms with E-state index < -0.39 is 11.9 Å². The molecule has 1 saturated heterocycles. The van der Waals surface area contributed by atoms with E-state index in [0.717, 1.165) is 0 Å². The van der Waals surface area contributed by atoms with Crippen LogP contribution in [0.1, 0.15) is 26.2 Å². The quantitative estimate of drug-likeness (QED) is 0.725. The minimum absolute atomic E-state index is 0.0628. The van der Waals surface area contributed by atoms with Gasteiger partial charge in [-0.3, -0.25) is 9.59 Å². The Bertz CT molecular complexity index is 315. The summed E-state index contributed by atoms with van der Waals surface area (Å²) in [7, 11) is 0. The number of rotatable bonds is 5. The molecule has 2 aliphatic rings. The van der Waals surface area contributed by atoms with Crippen molar-refractivity contribution in [1.82, 2.24) is 10.2 Å². The SMILES string of the molecule is CC1CN(C(=O)CCNC2CC2)CC1C(=O)O. The topological polar surface area (TPSA) is 69.6 Å². The van der Waals surface area contributed by atoms with E-state index in [2.05, 4.69) is 5.32 Å². The molecule has 2 N–H and O–H groups in total. The number of nitrogens with one attached hydrogen (secondary N) is 1. The third-order valence-electron chi connectivity index (χ3n) is 3.63. The molecular formula is C12H20N2O3. The van der Waals surface area contributed by atoms with Crippen LogP contribution in [0.15, 0.2) is 0 Å². The van der Waals surface area contributed by atoms with E-state index >= 15 is 0 Å². The summed E-state index contributed by atoms with van der Waals surface area (Å²) in [5.41, 5.74) is 0. The minimum atomic E-state index is -0.788. The summed E-state index contributed by atoms with van der Waals surface area (Å²) >= 11 is 0. The Morgan fingerprint density at radius 2 is 2.06 bits per heavy atom. The molecule has 2 atom stereocenters. The van der Waals surface area contributed by atoms with Gasteiger partial charge in [0.25, 0.3) is 0 Å². The highest BCUT2D eigenvalue weighted by Crippen LogP contribution is 2.23. The lowest BCUT2D eigenvalue weighted by Crippen LogP contribution is -2.32. The molecule has 1 amide bonds. The number of hydrogen-bond donors (Lipinski definition) is 2. The van der Waals surface area contributed by atoms with Gasteiger partial charge in [-0.05, 0) is 18.8 Å². The van der Waals surface area contributed by atoms with Gasteiger partial charge in [0, 0.05) is 32.1 Å². The minimum Gasteiger partial charge on any atom is -0.481 e. The number of nitrogens with zero attached hydrogens (tertiary/aromatic N) is 1. The maximum Gasteiger partial charge on any atom is 0.308 e. The van der Waals surface area contributed by atoms with E-state index in [9.17, 15) is 9.59 Å². The molecule has 1 aliphatic carbocycles. The molecule has 2 fully saturated rings. The average Bonchev–Trinajstić information content (AvgIpc) is 2.99. The van der Waals surface area contributed by atoms with Gasteiger partial charge in [-0.2, -0.15) is 0 Å². The van der Waals surface area contributed by atoms with E-state index in [1.807, 2.05) is 6.92 Å². The second-order valence-corrected chi connectivity index (χ2v) is 5.20. The zero-order valence-electron chi connectivity index (χ0n) is 10.2. The third-order valence-corrected chi connectivity index (χ3v) is 3.63. The fraction of sp³-hybridized carbons (Fsp3) is 0.833. The van der Waals surface area contributed by atoms with Crippen LogP contribution < -0.4 is 5.32 Å². The normalized spacial score (nSPS) is 28.4. The van der Waals surface area contributed by atoms with Gasteiger partial charge in [0.05, 0.1) is 5.92 Å². The summed E-state index contributed by atoms with van der Waals surface area (Å²) < 4.78 is 0. The third kappa shape index (κ3) is 3.19. The van der Waals surface area contributed by atoms with Gasteiger partial charge in [-0.25, -0.2) is 0 Å². The average molecular weight is 240 g/mol. The van der Waals surface area contributed by atoms with Crippen LogP contribution in [0.5, 0.6) is 0 Å². The van der Waals surface area contributed by atoms with Crippen molar-refractivity contribution in [2.75, 3.05) is 19.6 Å². The van der Waals surface area contributed by atoms with Crippen LogP contribution in [-0.4, -0.2) is 47.6 Å². The van der Waals surface area contributed by atoms with E-state index in [4.69, 9.17) is 5.11 Å². The molecule has 2 rings (SSSR count). The van der Waals surface area contributed by atoms with Gasteiger partial charge < -0.3 is 15.3 Å². The zero-order chi connectivity index (χ0) is 12.4. The molecule has 1 saturated carbocycles. The second kappa shape index (κ2) is 5.04. The molecule has 0 radical (unpaired) electrons. The highest BCUT2D eigenvalue weighted by atomic mass is 16.4. The molecule has 1 heterocycles. The first-order valence-corrected chi connectivity index (χ1v) is 6.32. The second-order valence-electron chi connectivity index (χ2n) is 5.20. The van der Waals surface area contributed by atoms with Crippen LogP contribution in [0, 0.1) is 11.8 Å². The Labute approximate surface area is 101 Å². The van der Waals surface area contributed by atoms with E-state index in [-0.39, 0.29) is 11.8 Å². The molecule has 0 aromatic rings. The van der Waals surface area contributed by atoms with Crippen LogP contribution in [0.4, 0.5) is 0 Å². The molecule has 17 heavy (non-hydrogen) atoms. The van der Waals surface area contributed by atoms with Gasteiger partial charge in [0.2, 0.25) is 5.91 Å². The number of carboxylic acids is 1. The van der Waals surface area contributed by atoms with Crippen molar-refractivity contribution in [3.63, 3.8) is 0 Å². The first-order chi connectivity index (χ1) is 8.08. The molecule has 0 bridgehead atoms. The first kappa shape index (κ1) is 12.4. The van der Waals surface area contributed by atoms with Gasteiger partial charge >= 0.3 is 5.97 Å². The maximum atomic E-state index is 11.9. The first-order valence-electron chi connectivity index (χ1n) is 6.32. The van der Waals surface area contributed by atoms with Crippen molar-refractivity contribution in [3.05, 3.63) is 0 Å². The molecule has 96 valence electrons. The van der Waals surface area contributed by atoms with E-state index in [1.165, 1.54) is 12.8 Å². The van der Waals surface area contributed by atoms with E-state index in [1.54, 1.807) is 4.90 Å². The standard InChI is InChI=1S/C12H20N2O3/c1-8-6-14(7-10(8)12(16)17)11(15)4-5-13-9-2-3-9/h8-10,13H,2-7H2,1H3,(H,16,17). The lowest BCUT2D eigenvalue weighted by molar-refractivity contribution is -0.142. The fourth-order valence-corrected chi connectivity index (χ4v) is 2.32. The van der Waals surface area contributed by atoms with Crippen molar-refractivity contribution >= 4 is 11.9 Å². The van der Waals surface area contributed by atoms with Crippen molar-refractivity contribution in [3.8, 4) is 0 Å². The lowest BCUT2D eigenvalue weighted by Gasteiger charge is -2.15. The van der Waals surface area contributed by atoms with Crippen LogP contribution in [-0.2, 0) is 9.59 Å². The van der Waals surface area contributed by atoms with Crippen molar-refractivity contribution in [2.24, 2.45) is 11.8 Å². The smallest absolute Gasteiger partial charge is 0.308 e. The molecule has 5 nitrogen and oxygen atoms in total. The Morgan fingerprint density at radius 1 is 1.35 bits per heavy atom. The Morgan fingerprint density at radius 3 is 2.59 bits per heavy atom. The Hall–Kier alpha value is -1.10. The number of carboxylic acid groups (broad SMARTS) is 1. The largest absolute Gasteiger partial charge is 0.481 e. The summed E-state index contributed by atoms with van der Waals surface area (Å²) in [5, 5.41) is 12.3. The number of carbonyl (C=O) groups is 2. The van der Waals surface area contributed by atoms with Gasteiger partial charge in [-0.15, -0.1) is 0 Å².